The molecule has 124 valence electrons. The lowest BCUT2D eigenvalue weighted by molar-refractivity contribution is -0.114. The van der Waals surface area contributed by atoms with Gasteiger partial charge in [0.15, 0.2) is 10.9 Å². The summed E-state index contributed by atoms with van der Waals surface area (Å²) in [5, 5.41) is 3.20. The Balaban J connectivity index is 0.00000208. The Morgan fingerprint density at radius 2 is 2.09 bits per heavy atom. The second-order valence-corrected chi connectivity index (χ2v) is 7.41. The van der Waals surface area contributed by atoms with Gasteiger partial charge in [-0.2, -0.15) is 11.8 Å². The van der Waals surface area contributed by atoms with Crippen LogP contribution < -0.4 is 5.32 Å². The SMILES string of the molecule is CC(=O)Nc1nc(C)c(-c2ccc(C(=O)N3CCSCC3)o2)s1.[HH]. The predicted octanol–water partition coefficient (Wildman–Crippen LogP) is 3.10. The number of anilines is 1. The van der Waals surface area contributed by atoms with E-state index >= 15 is 0 Å². The van der Waals surface area contributed by atoms with E-state index in [0.29, 0.717) is 16.7 Å². The van der Waals surface area contributed by atoms with Crippen LogP contribution in [-0.4, -0.2) is 46.3 Å². The molecule has 0 spiro atoms. The van der Waals surface area contributed by atoms with Crippen LogP contribution in [0, 0.1) is 6.92 Å². The van der Waals surface area contributed by atoms with Crippen molar-refractivity contribution in [2.24, 2.45) is 0 Å². The average molecular weight is 353 g/mol. The van der Waals surface area contributed by atoms with Crippen molar-refractivity contribution in [2.45, 2.75) is 13.8 Å². The molecule has 0 aromatic carbocycles. The lowest BCUT2D eigenvalue weighted by atomic mass is 10.3. The molecule has 3 rings (SSSR count). The molecular formula is C15H19N3O3S2. The highest BCUT2D eigenvalue weighted by molar-refractivity contribution is 7.99. The molecule has 1 fully saturated rings. The molecule has 0 radical (unpaired) electrons. The topological polar surface area (TPSA) is 75.4 Å². The molecule has 2 amide bonds. The molecule has 1 aliphatic heterocycles. The summed E-state index contributed by atoms with van der Waals surface area (Å²) in [6, 6.07) is 3.49. The van der Waals surface area contributed by atoms with Gasteiger partial charge in [-0.05, 0) is 19.1 Å². The molecule has 8 heteroatoms. The Labute approximate surface area is 143 Å². The minimum atomic E-state index is -0.163. The molecule has 0 aliphatic carbocycles. The van der Waals surface area contributed by atoms with Gasteiger partial charge in [0.05, 0.1) is 10.6 Å². The molecule has 0 atom stereocenters. The number of rotatable bonds is 3. The van der Waals surface area contributed by atoms with Crippen LogP contribution in [0.3, 0.4) is 0 Å². The first-order chi connectivity index (χ1) is 11.0. The fourth-order valence-electron chi connectivity index (χ4n) is 2.33. The molecular weight excluding hydrogens is 334 g/mol. The Hall–Kier alpha value is -1.80. The molecule has 0 bridgehead atoms. The summed E-state index contributed by atoms with van der Waals surface area (Å²) < 4.78 is 5.74. The first kappa shape index (κ1) is 16.1. The molecule has 3 heterocycles. The number of nitrogens with one attached hydrogen (secondary N) is 1. The van der Waals surface area contributed by atoms with Crippen LogP contribution in [0.15, 0.2) is 16.5 Å². The second kappa shape index (κ2) is 6.76. The van der Waals surface area contributed by atoms with Crippen molar-refractivity contribution in [3.8, 4) is 10.6 Å². The Morgan fingerprint density at radius 1 is 1.35 bits per heavy atom. The number of hydrogen-bond acceptors (Lipinski definition) is 6. The zero-order valence-corrected chi connectivity index (χ0v) is 14.6. The number of aromatic nitrogens is 1. The van der Waals surface area contributed by atoms with Crippen molar-refractivity contribution in [2.75, 3.05) is 29.9 Å². The number of carbonyl (C=O) groups excluding carboxylic acids is 2. The van der Waals surface area contributed by atoms with E-state index in [4.69, 9.17) is 4.42 Å². The van der Waals surface area contributed by atoms with Gasteiger partial charge in [0.25, 0.3) is 5.91 Å². The predicted molar refractivity (Wildman–Crippen MR) is 94.2 cm³/mol. The molecule has 1 N–H and O–H groups in total. The fourth-order valence-corrected chi connectivity index (χ4v) is 4.20. The van der Waals surface area contributed by atoms with E-state index in [9.17, 15) is 9.59 Å². The highest BCUT2D eigenvalue weighted by Gasteiger charge is 2.22. The van der Waals surface area contributed by atoms with Crippen LogP contribution in [0.5, 0.6) is 0 Å². The minimum absolute atomic E-state index is 0. The summed E-state index contributed by atoms with van der Waals surface area (Å²) in [7, 11) is 0. The number of thioether (sulfide) groups is 1. The Morgan fingerprint density at radius 3 is 2.78 bits per heavy atom. The molecule has 0 saturated carbocycles. The highest BCUT2D eigenvalue weighted by atomic mass is 32.2. The van der Waals surface area contributed by atoms with Crippen molar-refractivity contribution in [3.63, 3.8) is 0 Å². The number of amides is 2. The zero-order chi connectivity index (χ0) is 16.4. The van der Waals surface area contributed by atoms with Gasteiger partial charge in [-0.25, -0.2) is 4.98 Å². The van der Waals surface area contributed by atoms with Crippen molar-refractivity contribution >= 4 is 40.0 Å². The summed E-state index contributed by atoms with van der Waals surface area (Å²) in [6.07, 6.45) is 0. The van der Waals surface area contributed by atoms with Gasteiger partial charge >= 0.3 is 0 Å². The number of hydrogen-bond donors (Lipinski definition) is 1. The van der Waals surface area contributed by atoms with Gasteiger partial charge in [-0.3, -0.25) is 9.59 Å². The van der Waals surface area contributed by atoms with Crippen LogP contribution in [0.4, 0.5) is 5.13 Å². The Bertz CT molecular complexity index is 738. The van der Waals surface area contributed by atoms with Gasteiger partial charge in [0.1, 0.15) is 5.76 Å². The maximum Gasteiger partial charge on any atom is 0.289 e. The van der Waals surface area contributed by atoms with Crippen molar-refractivity contribution in [3.05, 3.63) is 23.6 Å². The maximum absolute atomic E-state index is 12.4. The number of thiazole rings is 1. The van der Waals surface area contributed by atoms with Crippen LogP contribution in [0.25, 0.3) is 10.6 Å². The van der Waals surface area contributed by atoms with Crippen LogP contribution in [0.2, 0.25) is 0 Å². The standard InChI is InChI=1S/C15H17N3O3S2.H2/c1-9-13(23-15(16-9)17-10(2)19)11-3-4-12(21-11)14(20)18-5-7-22-8-6-18;/h3-4H,5-8H2,1-2H3,(H,16,17,19);1H. The highest BCUT2D eigenvalue weighted by Crippen LogP contribution is 2.34. The smallest absolute Gasteiger partial charge is 0.289 e. The number of furan rings is 1. The van der Waals surface area contributed by atoms with Crippen LogP contribution >= 0.6 is 23.1 Å². The molecule has 23 heavy (non-hydrogen) atoms. The summed E-state index contributed by atoms with van der Waals surface area (Å²) in [6.45, 7) is 4.80. The lowest BCUT2D eigenvalue weighted by Crippen LogP contribution is -2.37. The largest absolute Gasteiger partial charge is 0.450 e. The number of nitrogens with zero attached hydrogens (tertiary/aromatic N) is 2. The third-order valence-electron chi connectivity index (χ3n) is 3.42. The third kappa shape index (κ3) is 3.59. The molecule has 1 saturated heterocycles. The zero-order valence-electron chi connectivity index (χ0n) is 12.9. The first-order valence-electron chi connectivity index (χ1n) is 7.27. The van der Waals surface area contributed by atoms with E-state index in [2.05, 4.69) is 10.3 Å². The number of aryl methyl sites for hydroxylation is 1. The van der Waals surface area contributed by atoms with Crippen molar-refractivity contribution in [1.82, 2.24) is 9.88 Å². The van der Waals surface area contributed by atoms with Gasteiger partial charge in [0, 0.05) is 32.9 Å². The quantitative estimate of drug-likeness (QED) is 0.918. The van der Waals surface area contributed by atoms with E-state index in [1.165, 1.54) is 18.3 Å². The van der Waals surface area contributed by atoms with Gasteiger partial charge in [0.2, 0.25) is 5.91 Å². The molecule has 2 aromatic heterocycles. The molecule has 6 nitrogen and oxygen atoms in total. The van der Waals surface area contributed by atoms with Crippen molar-refractivity contribution in [1.29, 1.82) is 0 Å². The summed E-state index contributed by atoms with van der Waals surface area (Å²) >= 11 is 3.19. The van der Waals surface area contributed by atoms with E-state index in [1.54, 1.807) is 12.1 Å². The Kier molecular flexibility index (Phi) is 4.72. The summed E-state index contributed by atoms with van der Waals surface area (Å²) in [5.41, 5.74) is 0.765. The van der Waals surface area contributed by atoms with Crippen LogP contribution in [0.1, 0.15) is 24.6 Å². The molecule has 2 aromatic rings. The summed E-state index contributed by atoms with van der Waals surface area (Å²) in [5.74, 6) is 2.65. The van der Waals surface area contributed by atoms with Gasteiger partial charge in [-0.1, -0.05) is 11.3 Å². The molecule has 1 aliphatic rings. The second-order valence-electron chi connectivity index (χ2n) is 5.18. The lowest BCUT2D eigenvalue weighted by Gasteiger charge is -2.25. The van der Waals surface area contributed by atoms with Gasteiger partial charge in [-0.15, -0.1) is 0 Å². The van der Waals surface area contributed by atoms with Gasteiger partial charge < -0.3 is 14.6 Å². The number of carbonyl (C=O) groups is 2. The normalized spacial score (nSPS) is 14.8. The van der Waals surface area contributed by atoms with E-state index in [-0.39, 0.29) is 13.2 Å². The summed E-state index contributed by atoms with van der Waals surface area (Å²) in [4.78, 5) is 30.5. The third-order valence-corrected chi connectivity index (χ3v) is 5.45. The molecule has 0 unspecified atom stereocenters. The monoisotopic (exact) mass is 353 g/mol. The fraction of sp³-hybridized carbons (Fsp3) is 0.400. The average Bonchev–Trinajstić information content (AvgIpc) is 3.13. The van der Waals surface area contributed by atoms with E-state index in [0.717, 1.165) is 35.2 Å². The first-order valence-corrected chi connectivity index (χ1v) is 9.24. The maximum atomic E-state index is 12.4. The van der Waals surface area contributed by atoms with E-state index < -0.39 is 0 Å². The van der Waals surface area contributed by atoms with E-state index in [1.807, 2.05) is 23.6 Å². The van der Waals surface area contributed by atoms with Crippen molar-refractivity contribution < 1.29 is 15.4 Å². The van der Waals surface area contributed by atoms with Crippen LogP contribution in [-0.2, 0) is 4.79 Å². The minimum Gasteiger partial charge on any atom is -0.450 e.